The SMILES string of the molecule is Cc1ccc2c(c1)C(C)(C)C(C)(C)c1ccccc1C2(C)C. The molecule has 1 aliphatic carbocycles. The zero-order chi connectivity index (χ0) is 16.3. The van der Waals surface area contributed by atoms with Crippen LogP contribution < -0.4 is 0 Å². The zero-order valence-corrected chi connectivity index (χ0v) is 15.0. The highest BCUT2D eigenvalue weighted by Gasteiger charge is 2.47. The van der Waals surface area contributed by atoms with Gasteiger partial charge in [0.25, 0.3) is 0 Å². The molecule has 0 saturated carbocycles. The minimum absolute atomic E-state index is 0.0324. The highest BCUT2D eigenvalue weighted by Crippen LogP contribution is 2.53. The lowest BCUT2D eigenvalue weighted by atomic mass is 9.61. The highest BCUT2D eigenvalue weighted by molar-refractivity contribution is 5.56. The molecule has 0 spiro atoms. The fraction of sp³-hybridized carbons (Fsp3) is 0.455. The highest BCUT2D eigenvalue weighted by atomic mass is 14.5. The molecule has 0 aromatic heterocycles. The van der Waals surface area contributed by atoms with Crippen molar-refractivity contribution in [3.8, 4) is 0 Å². The second-order valence-electron chi connectivity index (χ2n) is 8.47. The molecule has 2 aromatic carbocycles. The molecule has 0 N–H and O–H groups in total. The van der Waals surface area contributed by atoms with Gasteiger partial charge in [0.15, 0.2) is 0 Å². The van der Waals surface area contributed by atoms with Crippen molar-refractivity contribution in [2.45, 2.75) is 64.7 Å². The number of aryl methyl sites for hydroxylation is 1. The van der Waals surface area contributed by atoms with E-state index in [4.69, 9.17) is 0 Å². The Bertz CT molecular complexity index is 729. The van der Waals surface area contributed by atoms with Crippen LogP contribution in [0.15, 0.2) is 42.5 Å². The van der Waals surface area contributed by atoms with Crippen molar-refractivity contribution in [1.29, 1.82) is 0 Å². The molecule has 0 amide bonds. The Labute approximate surface area is 135 Å². The third kappa shape index (κ3) is 1.82. The lowest BCUT2D eigenvalue weighted by Crippen LogP contribution is -2.40. The van der Waals surface area contributed by atoms with Crippen LogP contribution >= 0.6 is 0 Å². The van der Waals surface area contributed by atoms with Crippen LogP contribution in [0.2, 0.25) is 0 Å². The van der Waals surface area contributed by atoms with Gasteiger partial charge in [-0.05, 0) is 40.0 Å². The van der Waals surface area contributed by atoms with Crippen molar-refractivity contribution < 1.29 is 0 Å². The Morgan fingerprint density at radius 1 is 0.591 bits per heavy atom. The van der Waals surface area contributed by atoms with E-state index in [0.717, 1.165) is 0 Å². The normalized spacial score (nSPS) is 20.7. The summed E-state index contributed by atoms with van der Waals surface area (Å²) in [6.45, 7) is 16.6. The Morgan fingerprint density at radius 3 is 1.73 bits per heavy atom. The Balaban J connectivity index is 2.49. The lowest BCUT2D eigenvalue weighted by Gasteiger charge is -2.43. The molecule has 0 saturated heterocycles. The van der Waals surface area contributed by atoms with Crippen molar-refractivity contribution in [2.24, 2.45) is 0 Å². The molecule has 0 heterocycles. The minimum Gasteiger partial charge on any atom is -0.0620 e. The first kappa shape index (κ1) is 15.3. The van der Waals surface area contributed by atoms with Gasteiger partial charge in [-0.15, -0.1) is 0 Å². The first-order valence-electron chi connectivity index (χ1n) is 8.32. The van der Waals surface area contributed by atoms with Gasteiger partial charge in [0.1, 0.15) is 0 Å². The van der Waals surface area contributed by atoms with Crippen LogP contribution in [0.25, 0.3) is 0 Å². The fourth-order valence-corrected chi connectivity index (χ4v) is 4.11. The number of hydrogen-bond donors (Lipinski definition) is 0. The van der Waals surface area contributed by atoms with Crippen LogP contribution in [0.3, 0.4) is 0 Å². The monoisotopic (exact) mass is 292 g/mol. The van der Waals surface area contributed by atoms with Crippen molar-refractivity contribution in [3.05, 3.63) is 70.3 Å². The molecular weight excluding hydrogens is 264 g/mol. The summed E-state index contributed by atoms with van der Waals surface area (Å²) in [5.41, 5.74) is 7.47. The predicted molar refractivity (Wildman–Crippen MR) is 95.8 cm³/mol. The van der Waals surface area contributed by atoms with E-state index in [1.54, 1.807) is 0 Å². The predicted octanol–water partition coefficient (Wildman–Crippen LogP) is 5.89. The number of rotatable bonds is 0. The topological polar surface area (TPSA) is 0 Å². The van der Waals surface area contributed by atoms with E-state index in [1.807, 2.05) is 0 Å². The van der Waals surface area contributed by atoms with E-state index < -0.39 is 0 Å². The molecule has 0 nitrogen and oxygen atoms in total. The smallest absolute Gasteiger partial charge is 0.0152 e. The minimum atomic E-state index is 0.0324. The summed E-state index contributed by atoms with van der Waals surface area (Å²) >= 11 is 0. The van der Waals surface area contributed by atoms with Gasteiger partial charge in [0, 0.05) is 5.41 Å². The third-order valence-electron chi connectivity index (χ3n) is 6.36. The molecule has 2 aromatic rings. The molecule has 0 atom stereocenters. The molecule has 1 aliphatic rings. The largest absolute Gasteiger partial charge is 0.0620 e. The maximum Gasteiger partial charge on any atom is 0.0152 e. The van der Waals surface area contributed by atoms with Gasteiger partial charge in [-0.2, -0.15) is 0 Å². The summed E-state index contributed by atoms with van der Waals surface area (Å²) in [6.07, 6.45) is 0. The first-order chi connectivity index (χ1) is 10.1. The maximum atomic E-state index is 2.41. The summed E-state index contributed by atoms with van der Waals surface area (Å²) in [7, 11) is 0. The molecule has 3 rings (SSSR count). The van der Waals surface area contributed by atoms with Gasteiger partial charge < -0.3 is 0 Å². The Kier molecular flexibility index (Phi) is 3.12. The first-order valence-corrected chi connectivity index (χ1v) is 8.32. The van der Waals surface area contributed by atoms with Crippen molar-refractivity contribution in [2.75, 3.05) is 0 Å². The van der Waals surface area contributed by atoms with Gasteiger partial charge in [0.05, 0.1) is 0 Å². The van der Waals surface area contributed by atoms with E-state index in [1.165, 1.54) is 27.8 Å². The summed E-state index contributed by atoms with van der Waals surface area (Å²) in [6, 6.07) is 16.0. The molecule has 0 unspecified atom stereocenters. The second kappa shape index (κ2) is 4.47. The van der Waals surface area contributed by atoms with Gasteiger partial charge >= 0.3 is 0 Å². The molecule has 0 radical (unpaired) electrons. The van der Waals surface area contributed by atoms with Crippen molar-refractivity contribution in [3.63, 3.8) is 0 Å². The van der Waals surface area contributed by atoms with Crippen LogP contribution in [-0.2, 0) is 16.2 Å². The van der Waals surface area contributed by atoms with Crippen LogP contribution in [0.1, 0.15) is 69.4 Å². The molecule has 116 valence electrons. The van der Waals surface area contributed by atoms with Crippen molar-refractivity contribution >= 4 is 0 Å². The average Bonchev–Trinajstić information content (AvgIpc) is 2.49. The van der Waals surface area contributed by atoms with E-state index >= 15 is 0 Å². The Hall–Kier alpha value is -1.56. The summed E-state index contributed by atoms with van der Waals surface area (Å²) in [4.78, 5) is 0. The maximum absolute atomic E-state index is 2.41. The molecule has 0 aliphatic heterocycles. The van der Waals surface area contributed by atoms with Crippen LogP contribution in [-0.4, -0.2) is 0 Å². The summed E-state index contributed by atoms with van der Waals surface area (Å²) in [5, 5.41) is 0. The molecule has 22 heavy (non-hydrogen) atoms. The van der Waals surface area contributed by atoms with Crippen molar-refractivity contribution in [1.82, 2.24) is 0 Å². The van der Waals surface area contributed by atoms with E-state index in [0.29, 0.717) is 0 Å². The summed E-state index contributed by atoms with van der Waals surface area (Å²) < 4.78 is 0. The van der Waals surface area contributed by atoms with Crippen LogP contribution in [0, 0.1) is 6.92 Å². The molecule has 0 heteroatoms. The third-order valence-corrected chi connectivity index (χ3v) is 6.36. The summed E-state index contributed by atoms with van der Waals surface area (Å²) in [5.74, 6) is 0. The van der Waals surface area contributed by atoms with Gasteiger partial charge in [-0.25, -0.2) is 0 Å². The molecule has 0 bridgehead atoms. The quantitative estimate of drug-likeness (QED) is 0.568. The molecular formula is C22H28. The van der Waals surface area contributed by atoms with E-state index in [9.17, 15) is 0 Å². The van der Waals surface area contributed by atoms with Gasteiger partial charge in [-0.1, -0.05) is 89.6 Å². The average molecular weight is 292 g/mol. The molecule has 0 fully saturated rings. The van der Waals surface area contributed by atoms with Gasteiger partial charge in [-0.3, -0.25) is 0 Å². The number of fused-ring (bicyclic) bond motifs is 2. The van der Waals surface area contributed by atoms with E-state index in [2.05, 4.69) is 90.9 Å². The second-order valence-corrected chi connectivity index (χ2v) is 8.47. The number of benzene rings is 2. The van der Waals surface area contributed by atoms with Crippen LogP contribution in [0.4, 0.5) is 0 Å². The fourth-order valence-electron chi connectivity index (χ4n) is 4.11. The van der Waals surface area contributed by atoms with Gasteiger partial charge in [0.2, 0.25) is 0 Å². The zero-order valence-electron chi connectivity index (χ0n) is 15.0. The van der Waals surface area contributed by atoms with E-state index in [-0.39, 0.29) is 16.2 Å². The standard InChI is InChI=1S/C22H28/c1-15-12-13-17-19(14-15)22(6,7)21(4,5)18-11-9-8-10-16(18)20(17,2)3/h8-14H,1-7H3. The van der Waals surface area contributed by atoms with Crippen LogP contribution in [0.5, 0.6) is 0 Å². The lowest BCUT2D eigenvalue weighted by molar-refractivity contribution is 0.304. The number of hydrogen-bond acceptors (Lipinski definition) is 0. The Morgan fingerprint density at radius 2 is 1.09 bits per heavy atom.